The van der Waals surface area contributed by atoms with E-state index in [1.807, 2.05) is 7.11 Å². The van der Waals surface area contributed by atoms with Crippen LogP contribution in [0.1, 0.15) is 252 Å². The zero-order valence-corrected chi connectivity index (χ0v) is 37.6. The number of nitrogens with zero attached hydrogens (tertiary/aromatic N) is 1. The summed E-state index contributed by atoms with van der Waals surface area (Å²) in [6, 6.07) is 0. The number of methoxy groups -OCH3 is 1. The lowest BCUT2D eigenvalue weighted by atomic mass is 9.84. The molecule has 0 aromatic carbocycles. The van der Waals surface area contributed by atoms with Crippen LogP contribution in [-0.2, 0) is 19.1 Å². The third kappa shape index (κ3) is 38.3. The molecule has 0 aliphatic heterocycles. The molecule has 0 bridgehead atoms. The molecular formula is C49H97NO5. The summed E-state index contributed by atoms with van der Waals surface area (Å²) in [6.07, 6.45) is 46.3. The number of ether oxygens (including phenoxy) is 2. The predicted molar refractivity (Wildman–Crippen MR) is 237 cm³/mol. The van der Waals surface area contributed by atoms with E-state index in [2.05, 4.69) is 25.7 Å². The first kappa shape index (κ1) is 54.0. The highest BCUT2D eigenvalue weighted by Gasteiger charge is 2.23. The highest BCUT2D eigenvalue weighted by molar-refractivity contribution is 5.69. The topological polar surface area (TPSA) is 76.1 Å². The van der Waals surface area contributed by atoms with Crippen molar-refractivity contribution in [3.05, 3.63) is 0 Å². The van der Waals surface area contributed by atoms with Crippen LogP contribution in [0.25, 0.3) is 0 Å². The summed E-state index contributed by atoms with van der Waals surface area (Å²) >= 11 is 0. The molecule has 6 heteroatoms. The van der Waals surface area contributed by atoms with E-state index in [1.165, 1.54) is 180 Å². The molecular weight excluding hydrogens is 683 g/mol. The molecule has 0 spiro atoms. The van der Waals surface area contributed by atoms with Crippen LogP contribution in [0.5, 0.6) is 0 Å². The SMILES string of the molecule is CCCCCC1CCC(OC(=O)CCCCCCCCCN(CCO)CCCCCCCC=O)CC1.CCCCCCCCC(CCCCCCCC)OC. The lowest BCUT2D eigenvalue weighted by Gasteiger charge is -2.28. The molecule has 1 aliphatic carbocycles. The summed E-state index contributed by atoms with van der Waals surface area (Å²) < 4.78 is 11.4. The number of esters is 1. The third-order valence-corrected chi connectivity index (χ3v) is 12.0. The molecule has 328 valence electrons. The van der Waals surface area contributed by atoms with Gasteiger partial charge in [-0.1, -0.05) is 175 Å². The molecule has 0 unspecified atom stereocenters. The molecule has 6 nitrogen and oxygen atoms in total. The normalized spacial score (nSPS) is 15.7. The van der Waals surface area contributed by atoms with Gasteiger partial charge in [-0.15, -0.1) is 0 Å². The first-order chi connectivity index (χ1) is 27.0. The lowest BCUT2D eigenvalue weighted by Crippen LogP contribution is -2.29. The van der Waals surface area contributed by atoms with Crippen molar-refractivity contribution in [2.45, 2.75) is 264 Å². The van der Waals surface area contributed by atoms with Crippen molar-refractivity contribution in [2.24, 2.45) is 5.92 Å². The van der Waals surface area contributed by atoms with Crippen molar-refractivity contribution in [3.8, 4) is 0 Å². The van der Waals surface area contributed by atoms with Gasteiger partial charge in [0.15, 0.2) is 0 Å². The van der Waals surface area contributed by atoms with Gasteiger partial charge < -0.3 is 24.3 Å². The van der Waals surface area contributed by atoms with E-state index >= 15 is 0 Å². The molecule has 0 radical (unpaired) electrons. The number of hydrogen-bond acceptors (Lipinski definition) is 6. The highest BCUT2D eigenvalue weighted by atomic mass is 16.5. The second-order valence-electron chi connectivity index (χ2n) is 17.1. The summed E-state index contributed by atoms with van der Waals surface area (Å²) in [4.78, 5) is 24.9. The van der Waals surface area contributed by atoms with Crippen LogP contribution in [0.2, 0.25) is 0 Å². The number of unbranched alkanes of at least 4 members (excludes halogenated alkanes) is 23. The zero-order chi connectivity index (χ0) is 40.3. The van der Waals surface area contributed by atoms with Crippen molar-refractivity contribution in [3.63, 3.8) is 0 Å². The highest BCUT2D eigenvalue weighted by Crippen LogP contribution is 2.30. The average Bonchev–Trinajstić information content (AvgIpc) is 3.19. The van der Waals surface area contributed by atoms with E-state index in [0.29, 0.717) is 18.9 Å². The minimum atomic E-state index is 0.0226. The van der Waals surface area contributed by atoms with Gasteiger partial charge in [-0.2, -0.15) is 0 Å². The largest absolute Gasteiger partial charge is 0.462 e. The number of carbonyl (C=O) groups excluding carboxylic acids is 2. The van der Waals surface area contributed by atoms with E-state index in [9.17, 15) is 14.7 Å². The van der Waals surface area contributed by atoms with Crippen LogP contribution in [0.4, 0.5) is 0 Å². The van der Waals surface area contributed by atoms with Crippen LogP contribution in [0.3, 0.4) is 0 Å². The predicted octanol–water partition coefficient (Wildman–Crippen LogP) is 14.1. The van der Waals surface area contributed by atoms with Crippen molar-refractivity contribution >= 4 is 12.3 Å². The fourth-order valence-electron chi connectivity index (χ4n) is 8.21. The average molecular weight is 780 g/mol. The van der Waals surface area contributed by atoms with Crippen LogP contribution in [0.15, 0.2) is 0 Å². The van der Waals surface area contributed by atoms with Gasteiger partial charge in [0.1, 0.15) is 12.4 Å². The zero-order valence-electron chi connectivity index (χ0n) is 37.6. The van der Waals surface area contributed by atoms with E-state index in [-0.39, 0.29) is 18.7 Å². The van der Waals surface area contributed by atoms with E-state index in [1.54, 1.807) is 0 Å². The molecule has 0 aromatic heterocycles. The Morgan fingerprint density at radius 1 is 0.600 bits per heavy atom. The Kier molecular flexibility index (Phi) is 43.3. The molecule has 1 aliphatic rings. The maximum Gasteiger partial charge on any atom is 0.306 e. The van der Waals surface area contributed by atoms with E-state index in [0.717, 1.165) is 70.4 Å². The molecule has 0 saturated heterocycles. The minimum Gasteiger partial charge on any atom is -0.462 e. The molecule has 0 heterocycles. The smallest absolute Gasteiger partial charge is 0.306 e. The minimum absolute atomic E-state index is 0.0226. The van der Waals surface area contributed by atoms with Crippen molar-refractivity contribution in [2.75, 3.05) is 33.4 Å². The summed E-state index contributed by atoms with van der Waals surface area (Å²) in [6.45, 7) is 9.99. The Bertz CT molecular complexity index is 754. The molecule has 1 fully saturated rings. The van der Waals surface area contributed by atoms with Gasteiger partial charge in [0.05, 0.1) is 12.7 Å². The fourth-order valence-corrected chi connectivity index (χ4v) is 8.21. The quantitative estimate of drug-likeness (QED) is 0.0379. The number of aldehydes is 1. The molecule has 1 saturated carbocycles. The molecule has 55 heavy (non-hydrogen) atoms. The standard InChI is InChI=1S/C31H59NO4.C18H38O/c1-2-3-13-18-29-20-22-30(23-21-29)36-31(35)19-14-9-5-4-6-10-15-24-32(26-28-34)25-16-11-7-8-12-17-27-33;1-4-6-8-10-12-14-16-18(19-3)17-15-13-11-9-7-5-2/h27,29-30,34H,2-26,28H2,1H3;18H,4-17H2,1-3H3. The van der Waals surface area contributed by atoms with Crippen molar-refractivity contribution < 1.29 is 24.2 Å². The first-order valence-corrected chi connectivity index (χ1v) is 24.5. The Labute approximate surface area is 343 Å². The Balaban J connectivity index is 0.00000129. The second-order valence-corrected chi connectivity index (χ2v) is 17.1. The summed E-state index contributed by atoms with van der Waals surface area (Å²) in [5, 5.41) is 9.33. The van der Waals surface area contributed by atoms with E-state index < -0.39 is 0 Å². The van der Waals surface area contributed by atoms with Crippen LogP contribution < -0.4 is 0 Å². The maximum atomic E-state index is 12.2. The fraction of sp³-hybridized carbons (Fsp3) is 0.959. The lowest BCUT2D eigenvalue weighted by molar-refractivity contribution is -0.151. The first-order valence-electron chi connectivity index (χ1n) is 24.5. The van der Waals surface area contributed by atoms with Gasteiger partial charge >= 0.3 is 5.97 Å². The van der Waals surface area contributed by atoms with Crippen LogP contribution in [-0.4, -0.2) is 67.8 Å². The van der Waals surface area contributed by atoms with Gasteiger partial charge in [-0.25, -0.2) is 0 Å². The van der Waals surface area contributed by atoms with Crippen LogP contribution in [0, 0.1) is 5.92 Å². The number of carbonyl (C=O) groups is 2. The second kappa shape index (κ2) is 44.1. The molecule has 0 aromatic rings. The van der Waals surface area contributed by atoms with Gasteiger partial charge in [0.25, 0.3) is 0 Å². The molecule has 0 amide bonds. The third-order valence-electron chi connectivity index (χ3n) is 12.0. The number of aliphatic hydroxyl groups excluding tert-OH is 1. The summed E-state index contributed by atoms with van der Waals surface area (Å²) in [5.41, 5.74) is 0. The van der Waals surface area contributed by atoms with Gasteiger partial charge in [0, 0.05) is 26.5 Å². The van der Waals surface area contributed by atoms with Gasteiger partial charge in [-0.3, -0.25) is 4.79 Å². The molecule has 1 rings (SSSR count). The maximum absolute atomic E-state index is 12.2. The number of hydrogen-bond donors (Lipinski definition) is 1. The molecule has 1 N–H and O–H groups in total. The summed E-state index contributed by atoms with van der Waals surface area (Å²) in [7, 11) is 1.89. The molecule has 0 atom stereocenters. The van der Waals surface area contributed by atoms with Crippen molar-refractivity contribution in [1.29, 1.82) is 0 Å². The number of aliphatic hydroxyl groups is 1. The monoisotopic (exact) mass is 780 g/mol. The van der Waals surface area contributed by atoms with Crippen molar-refractivity contribution in [1.82, 2.24) is 4.90 Å². The van der Waals surface area contributed by atoms with Gasteiger partial charge in [-0.05, 0) is 83.2 Å². The summed E-state index contributed by atoms with van der Waals surface area (Å²) in [5.74, 6) is 0.883. The Hall–Kier alpha value is -0.980. The van der Waals surface area contributed by atoms with Crippen LogP contribution >= 0.6 is 0 Å². The Morgan fingerprint density at radius 3 is 1.55 bits per heavy atom. The number of rotatable bonds is 40. The van der Waals surface area contributed by atoms with E-state index in [4.69, 9.17) is 9.47 Å². The van der Waals surface area contributed by atoms with Gasteiger partial charge in [0.2, 0.25) is 0 Å². The Morgan fingerprint density at radius 2 is 1.05 bits per heavy atom.